The number of nitrogens with zero attached hydrogens (tertiary/aromatic N) is 1. The van der Waals surface area contributed by atoms with Gasteiger partial charge in [0.15, 0.2) is 0 Å². The minimum absolute atomic E-state index is 0.432. The molecule has 102 valence electrons. The predicted octanol–water partition coefficient (Wildman–Crippen LogP) is 2.12. The summed E-state index contributed by atoms with van der Waals surface area (Å²) in [6, 6.07) is 7.38. The molecule has 5 nitrogen and oxygen atoms in total. The monoisotopic (exact) mass is 281 g/mol. The summed E-state index contributed by atoms with van der Waals surface area (Å²) in [5.41, 5.74) is 3.61. The summed E-state index contributed by atoms with van der Waals surface area (Å²) < 4.78 is 0. The summed E-state index contributed by atoms with van der Waals surface area (Å²) in [4.78, 5) is 16.1. The van der Waals surface area contributed by atoms with Crippen molar-refractivity contribution in [2.75, 3.05) is 0 Å². The zero-order chi connectivity index (χ0) is 14.3. The van der Waals surface area contributed by atoms with Gasteiger partial charge in [0.2, 0.25) is 6.10 Å². The average molecular weight is 282 g/mol. The van der Waals surface area contributed by atoms with E-state index in [0.717, 1.165) is 5.56 Å². The van der Waals surface area contributed by atoms with Gasteiger partial charge in [-0.2, -0.15) is 0 Å². The maximum absolute atomic E-state index is 11.1. The number of hydrazine groups is 1. The highest BCUT2D eigenvalue weighted by Crippen LogP contribution is 2.10. The number of oxime groups is 1. The molecule has 1 rings (SSSR count). The van der Waals surface area contributed by atoms with Crippen LogP contribution in [0.25, 0.3) is 6.08 Å². The highest BCUT2D eigenvalue weighted by atomic mass is 35.5. The topological polar surface area (TPSA) is 76.7 Å². The number of amides is 1. The average Bonchev–Trinajstić information content (AvgIpc) is 2.43. The van der Waals surface area contributed by atoms with Crippen LogP contribution in [0, 0.1) is 0 Å². The van der Waals surface area contributed by atoms with Gasteiger partial charge in [0.25, 0.3) is 5.91 Å². The van der Waals surface area contributed by atoms with Crippen LogP contribution in [0.4, 0.5) is 0 Å². The molecule has 0 fully saturated rings. The summed E-state index contributed by atoms with van der Waals surface area (Å²) in [5, 5.41) is 4.50. The zero-order valence-corrected chi connectivity index (χ0v) is 11.5. The molecule has 0 aliphatic rings. The zero-order valence-electron chi connectivity index (χ0n) is 10.8. The van der Waals surface area contributed by atoms with Crippen LogP contribution in [0.5, 0.6) is 0 Å². The maximum atomic E-state index is 11.1. The SMILES string of the molecule is CC(/C=C/c1ccc(Cl)cc1)=N\OC(C)C(=O)NN. The molecule has 3 N–H and O–H groups in total. The van der Waals surface area contributed by atoms with Crippen LogP contribution in [0.1, 0.15) is 19.4 Å². The summed E-state index contributed by atoms with van der Waals surface area (Å²) in [6.07, 6.45) is 2.91. The van der Waals surface area contributed by atoms with Gasteiger partial charge < -0.3 is 4.84 Å². The van der Waals surface area contributed by atoms with E-state index in [9.17, 15) is 4.79 Å². The van der Waals surface area contributed by atoms with Crippen molar-refractivity contribution in [2.45, 2.75) is 20.0 Å². The molecule has 0 heterocycles. The second kappa shape index (κ2) is 7.56. The smallest absolute Gasteiger partial charge is 0.277 e. The Bertz CT molecular complexity index is 483. The highest BCUT2D eigenvalue weighted by molar-refractivity contribution is 6.30. The van der Waals surface area contributed by atoms with E-state index in [4.69, 9.17) is 22.3 Å². The molecular weight excluding hydrogens is 266 g/mol. The molecule has 1 aromatic rings. The van der Waals surface area contributed by atoms with Crippen molar-refractivity contribution in [3.8, 4) is 0 Å². The molecule has 19 heavy (non-hydrogen) atoms. The lowest BCUT2D eigenvalue weighted by atomic mass is 10.2. The summed E-state index contributed by atoms with van der Waals surface area (Å²) >= 11 is 5.79. The first kappa shape index (κ1) is 15.2. The van der Waals surface area contributed by atoms with Crippen LogP contribution < -0.4 is 11.3 Å². The molecule has 6 heteroatoms. The van der Waals surface area contributed by atoms with E-state index in [2.05, 4.69) is 5.16 Å². The van der Waals surface area contributed by atoms with Gasteiger partial charge in [0.1, 0.15) is 0 Å². The highest BCUT2D eigenvalue weighted by Gasteiger charge is 2.11. The van der Waals surface area contributed by atoms with Crippen molar-refractivity contribution in [3.63, 3.8) is 0 Å². The third-order valence-corrected chi connectivity index (χ3v) is 2.51. The molecule has 0 saturated heterocycles. The number of rotatable bonds is 5. The van der Waals surface area contributed by atoms with Gasteiger partial charge in [-0.05, 0) is 37.6 Å². The first-order chi connectivity index (χ1) is 9.02. The second-order valence-electron chi connectivity index (χ2n) is 3.87. The molecule has 0 aliphatic heterocycles. The van der Waals surface area contributed by atoms with Crippen LogP contribution in [0.15, 0.2) is 35.5 Å². The van der Waals surface area contributed by atoms with Crippen molar-refractivity contribution < 1.29 is 9.63 Å². The number of nitrogens with one attached hydrogen (secondary N) is 1. The Kier molecular flexibility index (Phi) is 6.05. The molecule has 1 unspecified atom stereocenters. The van der Waals surface area contributed by atoms with E-state index in [1.165, 1.54) is 0 Å². The standard InChI is InChI=1S/C13H16ClN3O2/c1-9(17-19-10(2)13(18)16-15)3-4-11-5-7-12(14)8-6-11/h3-8,10H,15H2,1-2H3,(H,16,18)/b4-3+,17-9+. The Balaban J connectivity index is 2.56. The lowest BCUT2D eigenvalue weighted by Gasteiger charge is -2.07. The first-order valence-corrected chi connectivity index (χ1v) is 6.05. The van der Waals surface area contributed by atoms with Gasteiger partial charge >= 0.3 is 0 Å². The van der Waals surface area contributed by atoms with E-state index in [-0.39, 0.29) is 0 Å². The normalized spacial score (nSPS) is 13.4. The largest absolute Gasteiger partial charge is 0.382 e. The molecule has 0 radical (unpaired) electrons. The Morgan fingerprint density at radius 2 is 2.11 bits per heavy atom. The minimum atomic E-state index is -0.733. The van der Waals surface area contributed by atoms with Crippen LogP contribution in [-0.2, 0) is 9.63 Å². The molecule has 1 aromatic carbocycles. The minimum Gasteiger partial charge on any atom is -0.382 e. The molecule has 0 aromatic heterocycles. The van der Waals surface area contributed by atoms with Crippen LogP contribution in [-0.4, -0.2) is 17.7 Å². The summed E-state index contributed by atoms with van der Waals surface area (Å²) in [5.74, 6) is 4.54. The fourth-order valence-corrected chi connectivity index (χ4v) is 1.27. The van der Waals surface area contributed by atoms with Crippen molar-refractivity contribution in [2.24, 2.45) is 11.0 Å². The van der Waals surface area contributed by atoms with Crippen molar-refractivity contribution in [3.05, 3.63) is 40.9 Å². The van der Waals surface area contributed by atoms with E-state index in [1.807, 2.05) is 23.6 Å². The quantitative estimate of drug-likeness (QED) is 0.376. The third-order valence-electron chi connectivity index (χ3n) is 2.25. The Morgan fingerprint density at radius 3 is 2.68 bits per heavy atom. The fourth-order valence-electron chi connectivity index (χ4n) is 1.15. The maximum Gasteiger partial charge on any atom is 0.277 e. The second-order valence-corrected chi connectivity index (χ2v) is 4.31. The van der Waals surface area contributed by atoms with Crippen molar-refractivity contribution in [1.29, 1.82) is 0 Å². The molecule has 0 spiro atoms. The third kappa shape index (κ3) is 5.54. The van der Waals surface area contributed by atoms with Gasteiger partial charge in [-0.15, -0.1) is 0 Å². The first-order valence-electron chi connectivity index (χ1n) is 5.67. The Hall–Kier alpha value is -1.85. The lowest BCUT2D eigenvalue weighted by molar-refractivity contribution is -0.131. The number of carbonyl (C=O) groups excluding carboxylic acids is 1. The van der Waals surface area contributed by atoms with E-state index >= 15 is 0 Å². The van der Waals surface area contributed by atoms with Crippen molar-refractivity contribution >= 4 is 29.3 Å². The predicted molar refractivity (Wildman–Crippen MR) is 76.5 cm³/mol. The van der Waals surface area contributed by atoms with Crippen LogP contribution in [0.2, 0.25) is 5.02 Å². The van der Waals surface area contributed by atoms with Gasteiger partial charge in [-0.1, -0.05) is 35.0 Å². The van der Waals surface area contributed by atoms with E-state index in [1.54, 1.807) is 32.1 Å². The number of halogens is 1. The fraction of sp³-hybridized carbons (Fsp3) is 0.231. The van der Waals surface area contributed by atoms with Gasteiger partial charge in [-0.25, -0.2) is 5.84 Å². The van der Waals surface area contributed by atoms with Crippen LogP contribution >= 0.6 is 11.6 Å². The number of hydrogen-bond donors (Lipinski definition) is 2. The number of hydrogen-bond acceptors (Lipinski definition) is 4. The molecule has 0 saturated carbocycles. The van der Waals surface area contributed by atoms with E-state index < -0.39 is 12.0 Å². The molecule has 0 bridgehead atoms. The molecule has 1 amide bonds. The number of carbonyl (C=O) groups is 1. The Labute approximate surface area is 117 Å². The van der Waals surface area contributed by atoms with Crippen molar-refractivity contribution in [1.82, 2.24) is 5.43 Å². The molecule has 0 aliphatic carbocycles. The summed E-state index contributed by atoms with van der Waals surface area (Å²) in [7, 11) is 0. The molecular formula is C13H16ClN3O2. The van der Waals surface area contributed by atoms with E-state index in [0.29, 0.717) is 10.7 Å². The van der Waals surface area contributed by atoms with Crippen LogP contribution in [0.3, 0.4) is 0 Å². The lowest BCUT2D eigenvalue weighted by Crippen LogP contribution is -2.38. The van der Waals surface area contributed by atoms with Gasteiger partial charge in [0, 0.05) is 5.02 Å². The number of nitrogens with two attached hydrogens (primary N) is 1. The van der Waals surface area contributed by atoms with Gasteiger partial charge in [0.05, 0.1) is 5.71 Å². The summed E-state index contributed by atoms with van der Waals surface area (Å²) in [6.45, 7) is 3.32. The number of allylic oxidation sites excluding steroid dienone is 1. The molecule has 1 atom stereocenters. The number of benzene rings is 1. The van der Waals surface area contributed by atoms with Gasteiger partial charge in [-0.3, -0.25) is 10.2 Å². The Morgan fingerprint density at radius 1 is 1.47 bits per heavy atom.